The molecule has 1 saturated carbocycles. The van der Waals surface area contributed by atoms with Gasteiger partial charge in [-0.05, 0) is 37.0 Å². The van der Waals surface area contributed by atoms with Crippen molar-refractivity contribution < 1.29 is 44.0 Å². The zero-order valence-electron chi connectivity index (χ0n) is 19.4. The van der Waals surface area contributed by atoms with Crippen molar-refractivity contribution in [1.29, 1.82) is 0 Å². The van der Waals surface area contributed by atoms with Gasteiger partial charge in [-0.3, -0.25) is 14.8 Å². The van der Waals surface area contributed by atoms with E-state index >= 15 is 0 Å². The van der Waals surface area contributed by atoms with Gasteiger partial charge in [0.25, 0.3) is 0 Å². The number of amides is 1. The molecule has 37 heavy (non-hydrogen) atoms. The normalized spacial score (nSPS) is 14.6. The Morgan fingerprint density at radius 1 is 1.24 bits per heavy atom. The minimum absolute atomic E-state index is 0. The first kappa shape index (κ1) is 28.3. The van der Waals surface area contributed by atoms with Gasteiger partial charge in [-0.2, -0.15) is 13.2 Å². The van der Waals surface area contributed by atoms with Crippen molar-refractivity contribution in [3.63, 3.8) is 0 Å². The Hall–Kier alpha value is -3.29. The Morgan fingerprint density at radius 3 is 2.59 bits per heavy atom. The van der Waals surface area contributed by atoms with Crippen LogP contribution in [-0.4, -0.2) is 41.0 Å². The van der Waals surface area contributed by atoms with Gasteiger partial charge in [0.1, 0.15) is 11.6 Å². The Bertz CT molecular complexity index is 1320. The molecule has 1 aromatic carbocycles. The third kappa shape index (κ3) is 7.15. The van der Waals surface area contributed by atoms with Gasteiger partial charge in [-0.1, -0.05) is 23.8 Å². The van der Waals surface area contributed by atoms with Crippen molar-refractivity contribution in [3.05, 3.63) is 52.1 Å². The summed E-state index contributed by atoms with van der Waals surface area (Å²) < 4.78 is 44.4. The largest absolute Gasteiger partial charge is 2.00 e. The number of carbonyl (C=O) groups excluding carboxylic acids is 2. The number of halogens is 3. The zero-order valence-corrected chi connectivity index (χ0v) is 21.2. The first-order valence-electron chi connectivity index (χ1n) is 11.0. The Labute approximate surface area is 225 Å². The van der Waals surface area contributed by atoms with Gasteiger partial charge in [-0.15, -0.1) is 23.0 Å². The summed E-state index contributed by atoms with van der Waals surface area (Å²) in [5.74, 6) is 7.01. The number of pyridine rings is 1. The van der Waals surface area contributed by atoms with Crippen molar-refractivity contribution >= 4 is 29.3 Å². The van der Waals surface area contributed by atoms with E-state index in [0.717, 1.165) is 17.1 Å². The Kier molecular flexibility index (Phi) is 9.41. The fraction of sp³-hybridized carbons (Fsp3) is 0.320. The first-order chi connectivity index (χ1) is 17.3. The molecule has 3 heterocycles. The van der Waals surface area contributed by atoms with Crippen molar-refractivity contribution in [2.24, 2.45) is 5.92 Å². The van der Waals surface area contributed by atoms with Crippen LogP contribution in [0, 0.1) is 23.3 Å². The van der Waals surface area contributed by atoms with Gasteiger partial charge >= 0.3 is 22.7 Å². The third-order valence-corrected chi connectivity index (χ3v) is 6.00. The molecule has 2 aliphatic rings. The van der Waals surface area contributed by atoms with Gasteiger partial charge in [-0.25, -0.2) is 5.10 Å². The number of hydrogen-bond acceptors (Lipinski definition) is 7. The molecule has 2 fully saturated rings. The maximum Gasteiger partial charge on any atom is 2.00 e. The quantitative estimate of drug-likeness (QED) is 0.262. The second-order valence-electron chi connectivity index (χ2n) is 7.99. The van der Waals surface area contributed by atoms with Crippen molar-refractivity contribution in [1.82, 2.24) is 15.2 Å². The Balaban J connectivity index is 0.000000288. The number of methoxy groups -OCH3 is 1. The van der Waals surface area contributed by atoms with Crippen LogP contribution in [0.25, 0.3) is 11.1 Å². The second-order valence-corrected chi connectivity index (χ2v) is 8.77. The Morgan fingerprint density at radius 2 is 2.03 bits per heavy atom. The predicted molar refractivity (Wildman–Crippen MR) is 126 cm³/mol. The molecule has 0 unspecified atom stereocenters. The molecule has 194 valence electrons. The van der Waals surface area contributed by atoms with E-state index in [2.05, 4.69) is 32.5 Å². The summed E-state index contributed by atoms with van der Waals surface area (Å²) >= 11 is 1.37. The van der Waals surface area contributed by atoms with Crippen LogP contribution in [0.2, 0.25) is 0 Å². The summed E-state index contributed by atoms with van der Waals surface area (Å²) in [6.45, 7) is 0.467. The van der Waals surface area contributed by atoms with Crippen LogP contribution in [0.3, 0.4) is 0 Å². The second kappa shape index (κ2) is 12.3. The average Bonchev–Trinajstić information content (AvgIpc) is 3.36. The molecule has 12 heteroatoms. The van der Waals surface area contributed by atoms with Gasteiger partial charge in [0.2, 0.25) is 5.91 Å². The molecule has 0 radical (unpaired) electrons. The summed E-state index contributed by atoms with van der Waals surface area (Å²) in [6.07, 6.45) is 1.90. The van der Waals surface area contributed by atoms with Gasteiger partial charge < -0.3 is 25.9 Å². The van der Waals surface area contributed by atoms with Crippen molar-refractivity contribution in [2.45, 2.75) is 31.9 Å². The van der Waals surface area contributed by atoms with E-state index in [0.29, 0.717) is 25.3 Å². The van der Waals surface area contributed by atoms with Gasteiger partial charge in [0, 0.05) is 23.9 Å². The van der Waals surface area contributed by atoms with Gasteiger partial charge in [0.05, 0.1) is 19.0 Å². The zero-order chi connectivity index (χ0) is 25.7. The summed E-state index contributed by atoms with van der Waals surface area (Å²) in [4.78, 5) is 28.7. The summed E-state index contributed by atoms with van der Waals surface area (Å²) in [7, 11) is 1.32. The monoisotopic (exact) mass is 570 g/mol. The van der Waals surface area contributed by atoms with E-state index in [1.54, 1.807) is 6.29 Å². The predicted octanol–water partition coefficient (Wildman–Crippen LogP) is 4.46. The molecule has 0 bridgehead atoms. The third-order valence-electron chi connectivity index (χ3n) is 5.45. The van der Waals surface area contributed by atoms with E-state index in [4.69, 9.17) is 4.74 Å². The molecule has 1 saturated heterocycles. The average molecular weight is 571 g/mol. The maximum atomic E-state index is 13.1. The molecule has 3 aromatic rings. The van der Waals surface area contributed by atoms with E-state index < -0.39 is 11.7 Å². The van der Waals surface area contributed by atoms with Crippen molar-refractivity contribution in [2.75, 3.05) is 18.6 Å². The van der Waals surface area contributed by atoms with E-state index in [1.165, 1.54) is 54.5 Å². The van der Waals surface area contributed by atoms with Crippen LogP contribution in [-0.2, 0) is 32.3 Å². The van der Waals surface area contributed by atoms with Crippen LogP contribution in [0.4, 0.5) is 19.0 Å². The number of benzene rings is 1. The van der Waals surface area contributed by atoms with Crippen LogP contribution in [0.5, 0.6) is 5.75 Å². The minimum Gasteiger partial charge on any atom is -0.497 e. The maximum absolute atomic E-state index is 13.1. The summed E-state index contributed by atoms with van der Waals surface area (Å²) in [6, 6.07) is 4.42. The number of aromatic nitrogens is 3. The summed E-state index contributed by atoms with van der Waals surface area (Å²) in [5.41, 5.74) is 2.02. The number of carbonyl (C=O) groups is 1. The molecule has 5 rings (SSSR count). The number of alkyl halides is 3. The van der Waals surface area contributed by atoms with E-state index in [9.17, 15) is 22.8 Å². The molecule has 0 spiro atoms. The fourth-order valence-corrected chi connectivity index (χ4v) is 3.83. The molecule has 1 aliphatic heterocycles. The smallest absolute Gasteiger partial charge is 0.497 e. The standard InChI is InChI=1S/C18H14F3N2O3.C7H5N2S.Ni/c1-26-15-5-4-12(18(19,20)21)7-14(15)13-8-16(22-9-11(13)10-24)23-6-2-3-17(23)25;1-2-6(1)3-4-7-9-8-5-10-7;/h4-5,7-9H,2-3,6H2,1H3;6H,1-2H2;/q2*-1;+2. The molecule has 0 N–H and O–H groups in total. The first-order valence-corrected chi connectivity index (χ1v) is 11.8. The van der Waals surface area contributed by atoms with Gasteiger partial charge in [0.15, 0.2) is 0 Å². The SMILES string of the molecule is C(#CC1CC1)c1nn[c-]s1.COc1ccc(C(F)(F)F)cc1-c1cc(N2CCCC2=O)ncc1[C-]=O.[Ni+2]. The molecule has 1 amide bonds. The molecule has 0 atom stereocenters. The molecule has 2 aromatic heterocycles. The number of nitrogens with zero attached hydrogens (tertiary/aromatic N) is 4. The number of hydrogen-bond donors (Lipinski definition) is 0. The topological polar surface area (TPSA) is 85.3 Å². The van der Waals surface area contributed by atoms with E-state index in [1.807, 2.05) is 0 Å². The molecular formula is C25H19F3N4NiO3S. The fourth-order valence-electron chi connectivity index (χ4n) is 3.47. The summed E-state index contributed by atoms with van der Waals surface area (Å²) in [5, 5.41) is 8.10. The number of ether oxygens (including phenoxy) is 1. The van der Waals surface area contributed by atoms with Crippen LogP contribution in [0.1, 0.15) is 41.8 Å². The van der Waals surface area contributed by atoms with Crippen LogP contribution < -0.4 is 9.64 Å². The van der Waals surface area contributed by atoms with E-state index in [-0.39, 0.29) is 50.7 Å². The minimum atomic E-state index is -4.55. The van der Waals surface area contributed by atoms with Crippen LogP contribution in [0.15, 0.2) is 30.5 Å². The number of rotatable bonds is 4. The molecule has 7 nitrogen and oxygen atoms in total. The molecular weight excluding hydrogens is 552 g/mol. The van der Waals surface area contributed by atoms with Crippen LogP contribution >= 0.6 is 11.3 Å². The van der Waals surface area contributed by atoms with Crippen molar-refractivity contribution in [3.8, 4) is 28.7 Å². The molecule has 1 aliphatic carbocycles. The number of anilines is 1.